The summed E-state index contributed by atoms with van der Waals surface area (Å²) in [5.41, 5.74) is 3.08. The van der Waals surface area contributed by atoms with Crippen molar-refractivity contribution in [1.82, 2.24) is 19.7 Å². The summed E-state index contributed by atoms with van der Waals surface area (Å²) in [5.74, 6) is 2.34. The Hall–Kier alpha value is -3.52. The van der Waals surface area contributed by atoms with E-state index < -0.39 is 0 Å². The molecule has 2 aromatic heterocycles. The fraction of sp³-hybridized carbons (Fsp3) is 0.280. The topological polar surface area (TPSA) is 81.9 Å². The first kappa shape index (κ1) is 21.3. The van der Waals surface area contributed by atoms with E-state index in [1.54, 1.807) is 23.5 Å². The van der Waals surface area contributed by atoms with Crippen LogP contribution >= 0.6 is 11.3 Å². The summed E-state index contributed by atoms with van der Waals surface area (Å²) in [4.78, 5) is 17.3. The number of nitrogens with one attached hydrogen (secondary N) is 1. The third-order valence-electron chi connectivity index (χ3n) is 5.64. The Kier molecular flexibility index (Phi) is 6.17. The van der Waals surface area contributed by atoms with Crippen LogP contribution in [0.4, 0.5) is 5.69 Å². The molecule has 0 fully saturated rings. The van der Waals surface area contributed by atoms with Gasteiger partial charge in [0.05, 0.1) is 10.7 Å². The van der Waals surface area contributed by atoms with Gasteiger partial charge in [0, 0.05) is 35.2 Å². The van der Waals surface area contributed by atoms with Crippen molar-refractivity contribution >= 4 is 22.9 Å². The molecular formula is C25H25N5O2S. The number of ether oxygens (including phenoxy) is 1. The number of fused-ring (bicyclic) bond motifs is 1. The van der Waals surface area contributed by atoms with E-state index in [1.165, 1.54) is 6.42 Å². The van der Waals surface area contributed by atoms with Crippen molar-refractivity contribution in [3.05, 3.63) is 76.0 Å². The van der Waals surface area contributed by atoms with Crippen molar-refractivity contribution in [1.29, 1.82) is 0 Å². The molecule has 0 aliphatic carbocycles. The summed E-state index contributed by atoms with van der Waals surface area (Å²) < 4.78 is 8.03. The Morgan fingerprint density at radius 2 is 2.03 bits per heavy atom. The summed E-state index contributed by atoms with van der Waals surface area (Å²) in [6, 6.07) is 14.9. The summed E-state index contributed by atoms with van der Waals surface area (Å²) in [6.07, 6.45) is 4.46. The highest BCUT2D eigenvalue weighted by Gasteiger charge is 2.16. The maximum absolute atomic E-state index is 12.9. The zero-order valence-corrected chi connectivity index (χ0v) is 19.3. The Balaban J connectivity index is 1.29. The molecule has 5 rings (SSSR count). The highest BCUT2D eigenvalue weighted by molar-refractivity contribution is 7.09. The molecule has 168 valence electrons. The summed E-state index contributed by atoms with van der Waals surface area (Å²) in [6.45, 7) is 3.27. The predicted molar refractivity (Wildman–Crippen MR) is 129 cm³/mol. The first-order valence-electron chi connectivity index (χ1n) is 11.1. The molecule has 2 aromatic carbocycles. The summed E-state index contributed by atoms with van der Waals surface area (Å²) >= 11 is 1.59. The van der Waals surface area contributed by atoms with Crippen LogP contribution in [0.1, 0.15) is 46.1 Å². The molecule has 1 aliphatic rings. The van der Waals surface area contributed by atoms with Crippen molar-refractivity contribution in [2.75, 3.05) is 5.32 Å². The monoisotopic (exact) mass is 459 g/mol. The van der Waals surface area contributed by atoms with Crippen molar-refractivity contribution in [2.45, 2.75) is 45.8 Å². The van der Waals surface area contributed by atoms with Gasteiger partial charge in [-0.05, 0) is 50.1 Å². The van der Waals surface area contributed by atoms with Crippen molar-refractivity contribution in [3.8, 4) is 17.1 Å². The zero-order valence-electron chi connectivity index (χ0n) is 18.5. The maximum atomic E-state index is 12.9. The molecule has 0 radical (unpaired) electrons. The summed E-state index contributed by atoms with van der Waals surface area (Å²) in [7, 11) is 0. The van der Waals surface area contributed by atoms with Gasteiger partial charge in [0.15, 0.2) is 5.82 Å². The van der Waals surface area contributed by atoms with Crippen LogP contribution in [0.3, 0.4) is 0 Å². The standard InChI is InChI=1S/C25H25N5O2S/c1-17-26-21(16-33-17)15-32-22-10-6-8-19(14-22)25(31)27-20-9-5-7-18(13-20)24-29-28-23-11-3-2-4-12-30(23)24/h5-10,13-14,16H,2-4,11-12,15H2,1H3,(H,27,31). The minimum Gasteiger partial charge on any atom is -0.487 e. The molecule has 0 bridgehead atoms. The van der Waals surface area contributed by atoms with Crippen LogP contribution in [0.25, 0.3) is 11.4 Å². The van der Waals surface area contributed by atoms with Gasteiger partial charge in [0.2, 0.25) is 0 Å². The third kappa shape index (κ3) is 4.96. The first-order chi connectivity index (χ1) is 16.2. The molecule has 0 spiro atoms. The van der Waals surface area contributed by atoms with Crippen LogP contribution in [-0.4, -0.2) is 25.7 Å². The number of anilines is 1. The number of amides is 1. The Morgan fingerprint density at radius 1 is 1.12 bits per heavy atom. The number of thiazole rings is 1. The second-order valence-corrected chi connectivity index (χ2v) is 9.17. The zero-order chi connectivity index (χ0) is 22.6. The number of benzene rings is 2. The average Bonchev–Trinajstić information content (AvgIpc) is 3.36. The maximum Gasteiger partial charge on any atom is 0.255 e. The van der Waals surface area contributed by atoms with Gasteiger partial charge in [-0.15, -0.1) is 21.5 Å². The predicted octanol–water partition coefficient (Wildman–Crippen LogP) is 5.27. The van der Waals surface area contributed by atoms with Gasteiger partial charge in [0.1, 0.15) is 18.2 Å². The molecule has 1 aliphatic heterocycles. The van der Waals surface area contributed by atoms with E-state index >= 15 is 0 Å². The lowest BCUT2D eigenvalue weighted by Crippen LogP contribution is -2.12. The van der Waals surface area contributed by atoms with Crippen molar-refractivity contribution in [3.63, 3.8) is 0 Å². The van der Waals surface area contributed by atoms with Crippen molar-refractivity contribution < 1.29 is 9.53 Å². The number of carbonyl (C=O) groups is 1. The normalized spacial score (nSPS) is 13.2. The van der Waals surface area contributed by atoms with Gasteiger partial charge in [-0.2, -0.15) is 0 Å². The van der Waals surface area contributed by atoms with E-state index in [0.717, 1.165) is 53.7 Å². The van der Waals surface area contributed by atoms with Gasteiger partial charge < -0.3 is 14.6 Å². The molecule has 0 saturated carbocycles. The molecule has 7 nitrogen and oxygen atoms in total. The number of hydrogen-bond acceptors (Lipinski definition) is 6. The van der Waals surface area contributed by atoms with Gasteiger partial charge in [0.25, 0.3) is 5.91 Å². The van der Waals surface area contributed by atoms with Crippen LogP contribution in [0, 0.1) is 6.92 Å². The van der Waals surface area contributed by atoms with Crippen LogP contribution in [-0.2, 0) is 19.6 Å². The second kappa shape index (κ2) is 9.54. The van der Waals surface area contributed by atoms with Gasteiger partial charge >= 0.3 is 0 Å². The number of aryl methyl sites for hydroxylation is 2. The van der Waals surface area contributed by atoms with Crippen LogP contribution in [0.5, 0.6) is 5.75 Å². The fourth-order valence-corrected chi connectivity index (χ4v) is 4.59. The molecule has 3 heterocycles. The lowest BCUT2D eigenvalue weighted by Gasteiger charge is -2.10. The Labute approximate surface area is 196 Å². The van der Waals surface area contributed by atoms with E-state index in [1.807, 2.05) is 48.7 Å². The van der Waals surface area contributed by atoms with Crippen LogP contribution in [0.2, 0.25) is 0 Å². The summed E-state index contributed by atoms with van der Waals surface area (Å²) in [5, 5.41) is 14.8. The minimum atomic E-state index is -0.192. The molecule has 1 N–H and O–H groups in total. The lowest BCUT2D eigenvalue weighted by molar-refractivity contribution is 0.102. The molecule has 8 heteroatoms. The number of hydrogen-bond donors (Lipinski definition) is 1. The first-order valence-corrected chi connectivity index (χ1v) is 12.0. The van der Waals surface area contributed by atoms with E-state index in [-0.39, 0.29) is 5.91 Å². The molecule has 0 atom stereocenters. The number of aromatic nitrogens is 4. The van der Waals surface area contributed by atoms with Gasteiger partial charge in [-0.3, -0.25) is 4.79 Å². The SMILES string of the molecule is Cc1nc(COc2cccc(C(=O)Nc3cccc(-c4nnc5n4CCCCC5)c3)c2)cs1. The van der Waals surface area contributed by atoms with Crippen LogP contribution in [0.15, 0.2) is 53.9 Å². The fourth-order valence-electron chi connectivity index (χ4n) is 4.00. The molecular weight excluding hydrogens is 434 g/mol. The Morgan fingerprint density at radius 3 is 2.91 bits per heavy atom. The van der Waals surface area contributed by atoms with Crippen LogP contribution < -0.4 is 10.1 Å². The average molecular weight is 460 g/mol. The molecule has 4 aromatic rings. The van der Waals surface area contributed by atoms with Crippen molar-refractivity contribution in [2.24, 2.45) is 0 Å². The largest absolute Gasteiger partial charge is 0.487 e. The second-order valence-electron chi connectivity index (χ2n) is 8.11. The smallest absolute Gasteiger partial charge is 0.255 e. The highest BCUT2D eigenvalue weighted by Crippen LogP contribution is 2.25. The van der Waals surface area contributed by atoms with Gasteiger partial charge in [-0.25, -0.2) is 4.98 Å². The molecule has 1 amide bonds. The highest BCUT2D eigenvalue weighted by atomic mass is 32.1. The van der Waals surface area contributed by atoms with E-state index in [2.05, 4.69) is 25.1 Å². The molecule has 0 saturated heterocycles. The molecule has 0 unspecified atom stereocenters. The number of carbonyl (C=O) groups excluding carboxylic acids is 1. The van der Waals surface area contributed by atoms with E-state index in [9.17, 15) is 4.79 Å². The third-order valence-corrected chi connectivity index (χ3v) is 6.46. The minimum absolute atomic E-state index is 0.192. The van der Waals surface area contributed by atoms with Gasteiger partial charge in [-0.1, -0.05) is 24.6 Å². The Bertz CT molecular complexity index is 1280. The number of rotatable bonds is 6. The lowest BCUT2D eigenvalue weighted by atomic mass is 10.1. The van der Waals surface area contributed by atoms with E-state index in [0.29, 0.717) is 23.6 Å². The number of nitrogens with zero attached hydrogens (tertiary/aromatic N) is 4. The molecule has 33 heavy (non-hydrogen) atoms. The van der Waals surface area contributed by atoms with E-state index in [4.69, 9.17) is 4.74 Å². The quantitative estimate of drug-likeness (QED) is 0.425.